The number of hydrogen-bond donors (Lipinski definition) is 1. The maximum absolute atomic E-state index is 12.8. The maximum Gasteiger partial charge on any atom is 0.169 e. The molecule has 1 N–H and O–H groups in total. The molecule has 2 fully saturated rings. The minimum Gasteiger partial charge on any atom is -0.319 e. The number of carbonyl (C=O) groups excluding carboxylic acids is 1. The van der Waals surface area contributed by atoms with Crippen molar-refractivity contribution in [3.8, 4) is 0 Å². The minimum atomic E-state index is 0.173. The summed E-state index contributed by atoms with van der Waals surface area (Å²) in [6, 6.07) is 6.01. The number of nitrogens with one attached hydrogen (secondary N) is 1. The van der Waals surface area contributed by atoms with Crippen molar-refractivity contribution in [1.29, 1.82) is 0 Å². The van der Waals surface area contributed by atoms with E-state index in [-0.39, 0.29) is 11.7 Å². The van der Waals surface area contributed by atoms with Gasteiger partial charge in [0, 0.05) is 27.7 Å². The number of aromatic nitrogens is 1. The highest BCUT2D eigenvalue weighted by molar-refractivity contribution is 9.10. The third kappa shape index (κ3) is 3.74. The monoisotopic (exact) mass is 413 g/mol. The van der Waals surface area contributed by atoms with Crippen molar-refractivity contribution in [1.82, 2.24) is 10.3 Å². The standard InChI is InChI=1S/C21H24BrN3O/c1-23-11-13-2-7-16(8-3-13)25-20-17-10-15(22)6-9-19(17)24-12-18(20)21(26)14-4-5-14/h6,9-10,12-14,23H,2-5,7-8,11H2,1H3. The van der Waals surface area contributed by atoms with Crippen molar-refractivity contribution >= 4 is 44.0 Å². The van der Waals surface area contributed by atoms with Gasteiger partial charge in [-0.15, -0.1) is 0 Å². The summed E-state index contributed by atoms with van der Waals surface area (Å²) in [5, 5.41) is 4.25. The van der Waals surface area contributed by atoms with Crippen LogP contribution < -0.4 is 5.32 Å². The number of fused-ring (bicyclic) bond motifs is 1. The number of halogens is 1. The molecule has 4 rings (SSSR count). The zero-order chi connectivity index (χ0) is 18.1. The summed E-state index contributed by atoms with van der Waals surface area (Å²) in [7, 11) is 2.01. The number of nitrogens with zero attached hydrogens (tertiary/aromatic N) is 2. The molecule has 4 nitrogen and oxygen atoms in total. The van der Waals surface area contributed by atoms with Gasteiger partial charge in [0.1, 0.15) is 0 Å². The first-order chi connectivity index (χ1) is 12.7. The summed E-state index contributed by atoms with van der Waals surface area (Å²) in [4.78, 5) is 22.4. The van der Waals surface area contributed by atoms with Crippen molar-refractivity contribution in [2.45, 2.75) is 38.5 Å². The Hall–Kier alpha value is -1.59. The molecular weight excluding hydrogens is 390 g/mol. The van der Waals surface area contributed by atoms with Crippen LogP contribution in [0.4, 0.5) is 5.69 Å². The number of Topliss-reactive ketones (excluding diaryl/α,β-unsaturated/α-hetero) is 1. The lowest BCUT2D eigenvalue weighted by molar-refractivity contribution is 0.0968. The molecule has 5 heteroatoms. The minimum absolute atomic E-state index is 0.173. The smallest absolute Gasteiger partial charge is 0.169 e. The van der Waals surface area contributed by atoms with Crippen LogP contribution in [0.15, 0.2) is 33.9 Å². The van der Waals surface area contributed by atoms with Crippen LogP contribution in [0.25, 0.3) is 10.9 Å². The number of ketones is 1. The molecule has 26 heavy (non-hydrogen) atoms. The van der Waals surface area contributed by atoms with Gasteiger partial charge in [-0.25, -0.2) is 0 Å². The van der Waals surface area contributed by atoms with E-state index in [1.165, 1.54) is 5.71 Å². The fourth-order valence-electron chi connectivity index (χ4n) is 3.79. The second-order valence-electron chi connectivity index (χ2n) is 7.50. The number of hydrogen-bond acceptors (Lipinski definition) is 4. The van der Waals surface area contributed by atoms with Crippen LogP contribution >= 0.6 is 15.9 Å². The van der Waals surface area contributed by atoms with Crippen LogP contribution in [0.2, 0.25) is 0 Å². The highest BCUT2D eigenvalue weighted by Gasteiger charge is 2.32. The number of carbonyl (C=O) groups is 1. The van der Waals surface area contributed by atoms with E-state index < -0.39 is 0 Å². The summed E-state index contributed by atoms with van der Waals surface area (Å²) >= 11 is 3.55. The third-order valence-electron chi connectivity index (χ3n) is 5.46. The quantitative estimate of drug-likeness (QED) is 0.695. The first-order valence-corrected chi connectivity index (χ1v) is 10.3. The zero-order valence-electron chi connectivity index (χ0n) is 15.1. The fourth-order valence-corrected chi connectivity index (χ4v) is 4.15. The van der Waals surface area contributed by atoms with Gasteiger partial charge < -0.3 is 5.32 Å². The molecular formula is C21H24BrN3O. The normalized spacial score (nSPS) is 20.4. The molecule has 0 bridgehead atoms. The molecule has 2 saturated carbocycles. The van der Waals surface area contributed by atoms with Gasteiger partial charge in [-0.3, -0.25) is 14.8 Å². The molecule has 136 valence electrons. The Labute approximate surface area is 162 Å². The number of aliphatic imine (C=N–C) groups is 1. The Balaban J connectivity index is 1.74. The summed E-state index contributed by atoms with van der Waals surface area (Å²) in [5.41, 5.74) is 3.64. The first-order valence-electron chi connectivity index (χ1n) is 9.49. The number of pyridine rings is 1. The predicted molar refractivity (Wildman–Crippen MR) is 109 cm³/mol. The first kappa shape index (κ1) is 17.8. The van der Waals surface area contributed by atoms with E-state index in [9.17, 15) is 4.79 Å². The maximum atomic E-state index is 12.8. The van der Waals surface area contributed by atoms with Gasteiger partial charge in [-0.2, -0.15) is 0 Å². The molecule has 0 unspecified atom stereocenters. The zero-order valence-corrected chi connectivity index (χ0v) is 16.7. The van der Waals surface area contributed by atoms with Gasteiger partial charge in [0.15, 0.2) is 5.78 Å². The lowest BCUT2D eigenvalue weighted by Crippen LogP contribution is -2.23. The Bertz CT molecular complexity index is 863. The van der Waals surface area contributed by atoms with E-state index >= 15 is 0 Å². The van der Waals surface area contributed by atoms with Gasteiger partial charge in [0.2, 0.25) is 0 Å². The molecule has 2 aliphatic rings. The molecule has 0 atom stereocenters. The molecule has 0 saturated heterocycles. The summed E-state index contributed by atoms with van der Waals surface area (Å²) in [5.74, 6) is 1.11. The SMILES string of the molecule is CNCC1CCC(=Nc2c(C(=O)C3CC3)cnc3ccc(Br)cc23)CC1. The largest absolute Gasteiger partial charge is 0.319 e. The van der Waals surface area contributed by atoms with Crippen molar-refractivity contribution in [2.24, 2.45) is 16.8 Å². The van der Waals surface area contributed by atoms with Crippen molar-refractivity contribution in [3.05, 3.63) is 34.4 Å². The topological polar surface area (TPSA) is 54.4 Å². The second kappa shape index (κ2) is 7.57. The molecule has 2 aromatic rings. The van der Waals surface area contributed by atoms with E-state index in [0.717, 1.165) is 72.1 Å². The Morgan fingerprint density at radius 2 is 2.04 bits per heavy atom. The molecule has 1 aromatic heterocycles. The third-order valence-corrected chi connectivity index (χ3v) is 5.95. The summed E-state index contributed by atoms with van der Waals surface area (Å²) in [6.07, 6.45) is 8.09. The van der Waals surface area contributed by atoms with Gasteiger partial charge in [-0.1, -0.05) is 15.9 Å². The van der Waals surface area contributed by atoms with E-state index in [1.54, 1.807) is 6.20 Å². The molecule has 0 aliphatic heterocycles. The fraction of sp³-hybridized carbons (Fsp3) is 0.476. The lowest BCUT2D eigenvalue weighted by Gasteiger charge is -2.23. The van der Waals surface area contributed by atoms with Crippen molar-refractivity contribution in [3.63, 3.8) is 0 Å². The second-order valence-corrected chi connectivity index (χ2v) is 8.42. The Kier molecular flexibility index (Phi) is 5.18. The van der Waals surface area contributed by atoms with E-state index in [0.29, 0.717) is 5.56 Å². The number of rotatable bonds is 5. The average molecular weight is 414 g/mol. The van der Waals surface area contributed by atoms with Crippen LogP contribution in [0.1, 0.15) is 48.9 Å². The molecule has 0 spiro atoms. The van der Waals surface area contributed by atoms with Crippen LogP contribution in [0, 0.1) is 11.8 Å². The van der Waals surface area contributed by atoms with Gasteiger partial charge in [-0.05, 0) is 76.2 Å². The molecule has 0 amide bonds. The van der Waals surface area contributed by atoms with E-state index in [1.807, 2.05) is 25.2 Å². The molecule has 1 aromatic carbocycles. The van der Waals surface area contributed by atoms with Crippen LogP contribution in [-0.4, -0.2) is 30.1 Å². The Morgan fingerprint density at radius 3 is 2.73 bits per heavy atom. The van der Waals surface area contributed by atoms with Crippen molar-refractivity contribution < 1.29 is 4.79 Å². The summed E-state index contributed by atoms with van der Waals surface area (Å²) < 4.78 is 0.988. The summed E-state index contributed by atoms with van der Waals surface area (Å²) in [6.45, 7) is 1.07. The van der Waals surface area contributed by atoms with E-state index in [2.05, 4.69) is 26.2 Å². The molecule has 1 heterocycles. The highest BCUT2D eigenvalue weighted by Crippen LogP contribution is 2.39. The Morgan fingerprint density at radius 1 is 1.27 bits per heavy atom. The van der Waals surface area contributed by atoms with Crippen LogP contribution in [0.3, 0.4) is 0 Å². The predicted octanol–water partition coefficient (Wildman–Crippen LogP) is 5.07. The average Bonchev–Trinajstić information content (AvgIpc) is 3.48. The lowest BCUT2D eigenvalue weighted by atomic mass is 9.87. The van der Waals surface area contributed by atoms with Gasteiger partial charge >= 0.3 is 0 Å². The van der Waals surface area contributed by atoms with Gasteiger partial charge in [0.05, 0.1) is 16.8 Å². The van der Waals surface area contributed by atoms with Crippen molar-refractivity contribution in [2.75, 3.05) is 13.6 Å². The van der Waals surface area contributed by atoms with Crippen LogP contribution in [0.5, 0.6) is 0 Å². The van der Waals surface area contributed by atoms with Gasteiger partial charge in [0.25, 0.3) is 0 Å². The number of benzene rings is 1. The molecule has 0 radical (unpaired) electrons. The molecule has 2 aliphatic carbocycles. The van der Waals surface area contributed by atoms with E-state index in [4.69, 9.17) is 4.99 Å². The highest BCUT2D eigenvalue weighted by atomic mass is 79.9. The van der Waals surface area contributed by atoms with Crippen LogP contribution in [-0.2, 0) is 0 Å².